The monoisotopic (exact) mass is 553 g/mol. The molecule has 2 aliphatic rings. The van der Waals surface area contributed by atoms with E-state index in [1.807, 2.05) is 24.3 Å². The number of carbonyl (C=O) groups is 1. The summed E-state index contributed by atoms with van der Waals surface area (Å²) in [6.07, 6.45) is 2.65. The molecule has 3 aromatic carbocycles. The first-order valence-electron chi connectivity index (χ1n) is 13.9. The Labute approximate surface area is 238 Å². The highest BCUT2D eigenvalue weighted by atomic mass is 19.1. The van der Waals surface area contributed by atoms with E-state index in [4.69, 9.17) is 9.47 Å². The summed E-state index contributed by atoms with van der Waals surface area (Å²) in [6, 6.07) is 16.6. The van der Waals surface area contributed by atoms with Crippen LogP contribution in [-0.4, -0.2) is 22.2 Å². The number of carboxylic acid groups (broad SMARTS) is 1. The van der Waals surface area contributed by atoms with Crippen LogP contribution in [-0.2, 0) is 18.3 Å². The summed E-state index contributed by atoms with van der Waals surface area (Å²) in [4.78, 5) is 23.7. The number of hydrogen-bond donors (Lipinski definition) is 1. The van der Waals surface area contributed by atoms with Crippen LogP contribution in [0.15, 0.2) is 65.6 Å². The van der Waals surface area contributed by atoms with Gasteiger partial charge in [0, 0.05) is 42.4 Å². The summed E-state index contributed by atoms with van der Waals surface area (Å²) in [7, 11) is 1.73. The molecule has 210 valence electrons. The second kappa shape index (κ2) is 10.2. The number of pyridine rings is 1. The van der Waals surface area contributed by atoms with Crippen molar-refractivity contribution in [1.29, 1.82) is 0 Å². The van der Waals surface area contributed by atoms with E-state index in [1.54, 1.807) is 36.9 Å². The number of halogens is 1. The first-order chi connectivity index (χ1) is 19.6. The highest BCUT2D eigenvalue weighted by molar-refractivity contribution is 5.79. The molecule has 1 aromatic heterocycles. The maximum atomic E-state index is 15.3. The van der Waals surface area contributed by atoms with Crippen molar-refractivity contribution in [1.82, 2.24) is 4.57 Å². The van der Waals surface area contributed by atoms with Gasteiger partial charge in [0.15, 0.2) is 0 Å². The fourth-order valence-electron chi connectivity index (χ4n) is 6.35. The fraction of sp³-hybridized carbons (Fsp3) is 0.294. The van der Waals surface area contributed by atoms with Gasteiger partial charge >= 0.3 is 5.97 Å². The third-order valence-corrected chi connectivity index (χ3v) is 8.60. The molecule has 41 heavy (non-hydrogen) atoms. The van der Waals surface area contributed by atoms with Crippen LogP contribution in [0.2, 0.25) is 0 Å². The van der Waals surface area contributed by atoms with E-state index < -0.39 is 18.0 Å². The lowest BCUT2D eigenvalue weighted by atomic mass is 9.88. The minimum absolute atomic E-state index is 0.0613. The highest BCUT2D eigenvalue weighted by Crippen LogP contribution is 2.45. The molecule has 1 aliphatic heterocycles. The Hall–Kier alpha value is -4.39. The van der Waals surface area contributed by atoms with Gasteiger partial charge < -0.3 is 19.1 Å². The molecular weight excluding hydrogens is 521 g/mol. The van der Waals surface area contributed by atoms with Crippen LogP contribution in [0.1, 0.15) is 53.2 Å². The highest BCUT2D eigenvalue weighted by Gasteiger charge is 2.34. The Kier molecular flexibility index (Phi) is 6.68. The Morgan fingerprint density at radius 3 is 2.54 bits per heavy atom. The Balaban J connectivity index is 1.31. The number of hydrogen-bond acceptors (Lipinski definition) is 4. The number of aryl methyl sites for hydroxylation is 3. The van der Waals surface area contributed by atoms with E-state index in [0.29, 0.717) is 36.5 Å². The largest absolute Gasteiger partial charge is 0.492 e. The third kappa shape index (κ3) is 4.69. The Morgan fingerprint density at radius 1 is 1.07 bits per heavy atom. The lowest BCUT2D eigenvalue weighted by Gasteiger charge is -2.19. The predicted molar refractivity (Wildman–Crippen MR) is 155 cm³/mol. The van der Waals surface area contributed by atoms with Gasteiger partial charge in [-0.05, 0) is 83.8 Å². The van der Waals surface area contributed by atoms with E-state index in [0.717, 1.165) is 44.5 Å². The lowest BCUT2D eigenvalue weighted by molar-refractivity contribution is -0.142. The minimum atomic E-state index is -0.855. The van der Waals surface area contributed by atoms with Gasteiger partial charge in [-0.3, -0.25) is 9.59 Å². The Bertz CT molecular complexity index is 1730. The molecule has 0 saturated heterocycles. The third-order valence-electron chi connectivity index (χ3n) is 8.60. The number of aliphatic carboxylic acids is 1. The van der Waals surface area contributed by atoms with Gasteiger partial charge in [-0.15, -0.1) is 0 Å². The number of aromatic nitrogens is 1. The van der Waals surface area contributed by atoms with Crippen molar-refractivity contribution in [2.45, 2.75) is 45.6 Å². The molecule has 0 bridgehead atoms. The van der Waals surface area contributed by atoms with Gasteiger partial charge in [0.1, 0.15) is 23.4 Å². The molecule has 1 aliphatic carbocycles. The molecule has 4 aromatic rings. The summed E-state index contributed by atoms with van der Waals surface area (Å²) >= 11 is 0. The molecule has 6 nitrogen and oxygen atoms in total. The first-order valence-corrected chi connectivity index (χ1v) is 13.9. The SMILES string of the molecule is Cc1cc(-c2ccn(C)c(=O)c2)cc(C)c1-c1ccc(F)c2c1CC[C@H]2Oc1ccc2c(c1)OCC2C(C)C(=O)O. The van der Waals surface area contributed by atoms with Crippen LogP contribution >= 0.6 is 0 Å². The van der Waals surface area contributed by atoms with Crippen molar-refractivity contribution in [3.05, 3.63) is 105 Å². The topological polar surface area (TPSA) is 77.8 Å². The van der Waals surface area contributed by atoms with Gasteiger partial charge in [0.2, 0.25) is 0 Å². The van der Waals surface area contributed by atoms with Crippen molar-refractivity contribution >= 4 is 5.97 Å². The quantitative estimate of drug-likeness (QED) is 0.286. The summed E-state index contributed by atoms with van der Waals surface area (Å²) in [5.41, 5.74) is 8.35. The molecule has 0 saturated carbocycles. The molecule has 0 fully saturated rings. The average molecular weight is 554 g/mol. The number of nitrogens with zero attached hydrogens (tertiary/aromatic N) is 1. The summed E-state index contributed by atoms with van der Waals surface area (Å²) in [5.74, 6) is -0.721. The smallest absolute Gasteiger partial charge is 0.306 e. The molecule has 0 amide bonds. The van der Waals surface area contributed by atoms with Gasteiger partial charge in [-0.1, -0.05) is 31.2 Å². The van der Waals surface area contributed by atoms with Crippen molar-refractivity contribution in [3.8, 4) is 33.8 Å². The lowest BCUT2D eigenvalue weighted by Crippen LogP contribution is -2.19. The molecule has 7 heteroatoms. The number of benzene rings is 3. The van der Waals surface area contributed by atoms with Crippen molar-refractivity contribution in [3.63, 3.8) is 0 Å². The molecule has 2 unspecified atom stereocenters. The molecule has 3 atom stereocenters. The summed E-state index contributed by atoms with van der Waals surface area (Å²) < 4.78 is 29.0. The van der Waals surface area contributed by atoms with Gasteiger partial charge in [0.25, 0.3) is 5.56 Å². The van der Waals surface area contributed by atoms with Crippen molar-refractivity contribution < 1.29 is 23.8 Å². The van der Waals surface area contributed by atoms with Gasteiger partial charge in [-0.2, -0.15) is 0 Å². The van der Waals surface area contributed by atoms with E-state index >= 15 is 4.39 Å². The predicted octanol–water partition coefficient (Wildman–Crippen LogP) is 6.74. The maximum Gasteiger partial charge on any atom is 0.306 e. The van der Waals surface area contributed by atoms with Crippen LogP contribution in [0.3, 0.4) is 0 Å². The van der Waals surface area contributed by atoms with E-state index in [1.165, 1.54) is 6.07 Å². The zero-order valence-corrected chi connectivity index (χ0v) is 23.5. The number of carboxylic acids is 1. The molecule has 6 rings (SSSR count). The second-order valence-corrected chi connectivity index (χ2v) is 11.2. The number of fused-ring (bicyclic) bond motifs is 2. The van der Waals surface area contributed by atoms with E-state index in [2.05, 4.69) is 26.0 Å². The van der Waals surface area contributed by atoms with Crippen LogP contribution in [0.25, 0.3) is 22.3 Å². The Morgan fingerprint density at radius 2 is 1.83 bits per heavy atom. The maximum absolute atomic E-state index is 15.3. The van der Waals surface area contributed by atoms with Gasteiger partial charge in [-0.25, -0.2) is 4.39 Å². The molecule has 1 N–H and O–H groups in total. The zero-order chi connectivity index (χ0) is 29.0. The van der Waals surface area contributed by atoms with Crippen molar-refractivity contribution in [2.24, 2.45) is 13.0 Å². The zero-order valence-electron chi connectivity index (χ0n) is 23.5. The second-order valence-electron chi connectivity index (χ2n) is 11.2. The number of rotatable bonds is 6. The standard InChI is InChI=1S/C34H32FNO5/c1-18-13-22(21-11-12-36(4)31(37)15-21)14-19(2)32(18)25-7-9-28(35)33-26(25)8-10-29(33)41-23-5-6-24-27(20(3)34(38)39)17-40-30(24)16-23/h5-7,9,11-16,20,27,29H,8,10,17H2,1-4H3,(H,38,39)/t20?,27?,29-/m1/s1. The fourth-order valence-corrected chi connectivity index (χ4v) is 6.35. The van der Waals surface area contributed by atoms with Crippen molar-refractivity contribution in [2.75, 3.05) is 6.61 Å². The van der Waals surface area contributed by atoms with E-state index in [9.17, 15) is 14.7 Å². The molecule has 0 spiro atoms. The van der Waals surface area contributed by atoms with Crippen LogP contribution in [0.5, 0.6) is 11.5 Å². The molecule has 2 heterocycles. The summed E-state index contributed by atoms with van der Waals surface area (Å²) in [6.45, 7) is 6.10. The van der Waals surface area contributed by atoms with Gasteiger partial charge in [0.05, 0.1) is 12.5 Å². The molecule has 0 radical (unpaired) electrons. The first kappa shape index (κ1) is 26.8. The van der Waals surface area contributed by atoms with Crippen LogP contribution in [0, 0.1) is 25.6 Å². The van der Waals surface area contributed by atoms with E-state index in [-0.39, 0.29) is 17.3 Å². The number of ether oxygens (including phenoxy) is 2. The normalized spacial score (nSPS) is 18.0. The summed E-state index contributed by atoms with van der Waals surface area (Å²) in [5, 5.41) is 9.43. The average Bonchev–Trinajstić information content (AvgIpc) is 3.55. The molecular formula is C34H32FNO5. The minimum Gasteiger partial charge on any atom is -0.492 e. The van der Waals surface area contributed by atoms with Crippen LogP contribution in [0.4, 0.5) is 4.39 Å². The van der Waals surface area contributed by atoms with Crippen LogP contribution < -0.4 is 15.0 Å².